The van der Waals surface area contributed by atoms with Crippen LogP contribution in [0.2, 0.25) is 0 Å². The molecule has 0 aliphatic heterocycles. The Kier molecular flexibility index (Phi) is 6.63. The van der Waals surface area contributed by atoms with E-state index in [0.29, 0.717) is 5.56 Å². The fourth-order valence-corrected chi connectivity index (χ4v) is 2.49. The number of carboxylic acids is 2. The van der Waals surface area contributed by atoms with E-state index >= 15 is 0 Å². The maximum absolute atomic E-state index is 12.4. The van der Waals surface area contributed by atoms with Crippen LogP contribution in [0.3, 0.4) is 0 Å². The predicted molar refractivity (Wildman–Crippen MR) is 91.3 cm³/mol. The Balaban J connectivity index is 2.23. The van der Waals surface area contributed by atoms with Gasteiger partial charge >= 0.3 is 11.9 Å². The van der Waals surface area contributed by atoms with Crippen LogP contribution in [-0.2, 0) is 17.8 Å². The van der Waals surface area contributed by atoms with Gasteiger partial charge in [0, 0.05) is 6.07 Å². The van der Waals surface area contributed by atoms with E-state index in [2.05, 4.69) is 10.4 Å². The number of aliphatic hydroxyl groups is 2. The summed E-state index contributed by atoms with van der Waals surface area (Å²) in [5.41, 5.74) is 0.129. The topological polar surface area (TPSA) is 162 Å². The first kappa shape index (κ1) is 20.1. The fraction of sp³-hybridized carbons (Fsp3) is 0.294. The number of benzene rings is 1. The predicted octanol–water partition coefficient (Wildman–Crippen LogP) is -0.640. The van der Waals surface area contributed by atoms with Crippen LogP contribution in [-0.4, -0.2) is 66.8 Å². The molecule has 2 unspecified atom stereocenters. The van der Waals surface area contributed by atoms with Crippen molar-refractivity contribution in [1.82, 2.24) is 15.1 Å². The minimum absolute atomic E-state index is 0.0448. The van der Waals surface area contributed by atoms with Crippen molar-refractivity contribution in [3.05, 3.63) is 53.3 Å². The average Bonchev–Trinajstić information content (AvgIpc) is 3.06. The van der Waals surface area contributed by atoms with Crippen molar-refractivity contribution in [2.75, 3.05) is 6.61 Å². The molecule has 2 aromatic rings. The SMILES string of the molecule is O=C(NC(Cc1ccccc1)C(O)C(=O)O)c1cc(C(=O)O)n(CCO)n1. The van der Waals surface area contributed by atoms with Gasteiger partial charge < -0.3 is 25.7 Å². The molecule has 1 amide bonds. The molecule has 1 aromatic carbocycles. The second kappa shape index (κ2) is 8.92. The summed E-state index contributed by atoms with van der Waals surface area (Å²) < 4.78 is 0.955. The molecular weight excluding hydrogens is 358 g/mol. The van der Waals surface area contributed by atoms with E-state index in [9.17, 15) is 19.5 Å². The van der Waals surface area contributed by atoms with Crippen molar-refractivity contribution in [3.63, 3.8) is 0 Å². The molecule has 1 aromatic heterocycles. The monoisotopic (exact) mass is 377 g/mol. The Morgan fingerprint density at radius 1 is 1.15 bits per heavy atom. The third kappa shape index (κ3) is 5.12. The highest BCUT2D eigenvalue weighted by atomic mass is 16.4. The number of aromatic carboxylic acids is 1. The van der Waals surface area contributed by atoms with E-state index in [1.54, 1.807) is 30.3 Å². The summed E-state index contributed by atoms with van der Waals surface area (Å²) in [4.78, 5) is 34.8. The largest absolute Gasteiger partial charge is 0.479 e. The zero-order chi connectivity index (χ0) is 20.0. The van der Waals surface area contributed by atoms with Gasteiger partial charge in [-0.2, -0.15) is 5.10 Å². The Morgan fingerprint density at radius 2 is 1.81 bits per heavy atom. The number of rotatable bonds is 9. The van der Waals surface area contributed by atoms with E-state index in [4.69, 9.17) is 15.3 Å². The quantitative estimate of drug-likeness (QED) is 0.385. The number of carbonyl (C=O) groups is 3. The van der Waals surface area contributed by atoms with Crippen LogP contribution >= 0.6 is 0 Å². The molecule has 0 spiro atoms. The lowest BCUT2D eigenvalue weighted by atomic mass is 10.0. The summed E-state index contributed by atoms with van der Waals surface area (Å²) in [6.45, 7) is -0.502. The first-order valence-electron chi connectivity index (χ1n) is 8.01. The summed E-state index contributed by atoms with van der Waals surface area (Å²) in [5, 5.41) is 43.3. The minimum Gasteiger partial charge on any atom is -0.479 e. The molecule has 10 nitrogen and oxygen atoms in total. The van der Waals surface area contributed by atoms with Crippen LogP contribution in [0, 0.1) is 0 Å². The van der Waals surface area contributed by atoms with Gasteiger partial charge in [-0.3, -0.25) is 9.48 Å². The minimum atomic E-state index is -1.87. The molecule has 0 radical (unpaired) electrons. The number of aliphatic carboxylic acids is 1. The van der Waals surface area contributed by atoms with Gasteiger partial charge in [0.05, 0.1) is 19.2 Å². The van der Waals surface area contributed by atoms with Crippen LogP contribution in [0.1, 0.15) is 26.5 Å². The Morgan fingerprint density at radius 3 is 2.37 bits per heavy atom. The normalized spacial score (nSPS) is 13.0. The summed E-state index contributed by atoms with van der Waals surface area (Å²) >= 11 is 0. The number of hydrogen-bond donors (Lipinski definition) is 5. The lowest BCUT2D eigenvalue weighted by Crippen LogP contribution is -2.48. The average molecular weight is 377 g/mol. The van der Waals surface area contributed by atoms with Gasteiger partial charge in [0.1, 0.15) is 5.69 Å². The van der Waals surface area contributed by atoms with Gasteiger partial charge in [0.15, 0.2) is 11.8 Å². The molecule has 10 heteroatoms. The van der Waals surface area contributed by atoms with Gasteiger partial charge in [-0.25, -0.2) is 9.59 Å². The molecule has 144 valence electrons. The summed E-state index contributed by atoms with van der Waals surface area (Å²) in [6.07, 6.45) is -1.82. The lowest BCUT2D eigenvalue weighted by Gasteiger charge is -2.21. The molecule has 0 fully saturated rings. The van der Waals surface area contributed by atoms with Gasteiger partial charge in [0.25, 0.3) is 5.91 Å². The standard InChI is InChI=1S/C17H19N3O7/c21-7-6-20-13(16(24)25)9-12(19-20)15(23)18-11(14(22)17(26)27)8-10-4-2-1-3-5-10/h1-5,9,11,14,21-22H,6-8H2,(H,18,23)(H,24,25)(H,26,27). The number of carboxylic acid groups (broad SMARTS) is 2. The third-order valence-electron chi connectivity index (χ3n) is 3.79. The first-order chi connectivity index (χ1) is 12.8. The molecule has 1 heterocycles. The van der Waals surface area contributed by atoms with E-state index < -0.39 is 30.0 Å². The molecule has 0 aliphatic carbocycles. The number of aromatic nitrogens is 2. The summed E-state index contributed by atoms with van der Waals surface area (Å²) in [5.74, 6) is -3.68. The number of hydrogen-bond acceptors (Lipinski definition) is 6. The zero-order valence-corrected chi connectivity index (χ0v) is 14.1. The molecule has 2 atom stereocenters. The highest BCUT2D eigenvalue weighted by Gasteiger charge is 2.29. The van der Waals surface area contributed by atoms with Gasteiger partial charge in [-0.05, 0) is 12.0 Å². The molecule has 0 saturated heterocycles. The molecule has 27 heavy (non-hydrogen) atoms. The van der Waals surface area contributed by atoms with Crippen molar-refractivity contribution in [2.45, 2.75) is 25.1 Å². The number of nitrogens with one attached hydrogen (secondary N) is 1. The number of aliphatic hydroxyl groups excluding tert-OH is 2. The second-order valence-electron chi connectivity index (χ2n) is 5.72. The lowest BCUT2D eigenvalue weighted by molar-refractivity contribution is -0.148. The van der Waals surface area contributed by atoms with Crippen molar-refractivity contribution < 1.29 is 34.8 Å². The first-order valence-corrected chi connectivity index (χ1v) is 8.01. The van der Waals surface area contributed by atoms with E-state index in [1.165, 1.54) is 0 Å². The molecule has 2 rings (SSSR count). The molecular formula is C17H19N3O7. The summed E-state index contributed by atoms with van der Waals surface area (Å²) in [7, 11) is 0. The second-order valence-corrected chi connectivity index (χ2v) is 5.72. The maximum Gasteiger partial charge on any atom is 0.354 e. The zero-order valence-electron chi connectivity index (χ0n) is 14.1. The smallest absolute Gasteiger partial charge is 0.354 e. The van der Waals surface area contributed by atoms with Gasteiger partial charge in [-0.15, -0.1) is 0 Å². The molecule has 5 N–H and O–H groups in total. The number of nitrogens with zero attached hydrogens (tertiary/aromatic N) is 2. The highest BCUT2D eigenvalue weighted by molar-refractivity contribution is 5.96. The highest BCUT2D eigenvalue weighted by Crippen LogP contribution is 2.10. The number of amides is 1. The van der Waals surface area contributed by atoms with E-state index in [1.807, 2.05) is 0 Å². The van der Waals surface area contributed by atoms with Gasteiger partial charge in [-0.1, -0.05) is 30.3 Å². The van der Waals surface area contributed by atoms with E-state index in [-0.39, 0.29) is 31.0 Å². The van der Waals surface area contributed by atoms with Crippen LogP contribution in [0.4, 0.5) is 0 Å². The van der Waals surface area contributed by atoms with E-state index in [0.717, 1.165) is 10.7 Å². The van der Waals surface area contributed by atoms with Crippen LogP contribution in [0.25, 0.3) is 0 Å². The Labute approximate surface area is 153 Å². The Bertz CT molecular complexity index is 819. The Hall–Kier alpha value is -3.24. The summed E-state index contributed by atoms with van der Waals surface area (Å²) in [6, 6.07) is 8.52. The third-order valence-corrected chi connectivity index (χ3v) is 3.79. The van der Waals surface area contributed by atoms with Crippen LogP contribution in [0.5, 0.6) is 0 Å². The van der Waals surface area contributed by atoms with Crippen molar-refractivity contribution in [1.29, 1.82) is 0 Å². The molecule has 0 saturated carbocycles. The van der Waals surface area contributed by atoms with Crippen molar-refractivity contribution in [3.8, 4) is 0 Å². The van der Waals surface area contributed by atoms with Crippen molar-refractivity contribution in [2.24, 2.45) is 0 Å². The van der Waals surface area contributed by atoms with Gasteiger partial charge in [0.2, 0.25) is 0 Å². The molecule has 0 aliphatic rings. The molecule has 0 bridgehead atoms. The van der Waals surface area contributed by atoms with Crippen molar-refractivity contribution >= 4 is 17.8 Å². The van der Waals surface area contributed by atoms with Crippen LogP contribution < -0.4 is 5.32 Å². The number of carbonyl (C=O) groups excluding carboxylic acids is 1. The van der Waals surface area contributed by atoms with Crippen LogP contribution in [0.15, 0.2) is 36.4 Å². The fourth-order valence-electron chi connectivity index (χ4n) is 2.49. The maximum atomic E-state index is 12.4.